The zero-order valence-electron chi connectivity index (χ0n) is 15.1. The van der Waals surface area contributed by atoms with E-state index in [4.69, 9.17) is 32.7 Å². The molecule has 1 N–H and O–H groups in total. The second-order valence-corrected chi connectivity index (χ2v) is 7.76. The molecule has 27 heavy (non-hydrogen) atoms. The molecule has 0 aliphatic carbocycles. The number of nitrogens with zero attached hydrogens (tertiary/aromatic N) is 1. The van der Waals surface area contributed by atoms with Gasteiger partial charge in [-0.25, -0.2) is 4.98 Å². The van der Waals surface area contributed by atoms with E-state index in [0.29, 0.717) is 16.6 Å². The molecule has 1 aromatic heterocycles. The molecule has 4 nitrogen and oxygen atoms in total. The Morgan fingerprint density at radius 2 is 1.78 bits per heavy atom. The molecular formula is C20H20Cl2N2O2S. The third-order valence-electron chi connectivity index (χ3n) is 4.08. The Labute approximate surface area is 173 Å². The molecule has 0 unspecified atom stereocenters. The first-order valence-electron chi connectivity index (χ1n) is 8.43. The summed E-state index contributed by atoms with van der Waals surface area (Å²) < 4.78 is 10.6. The number of benzene rings is 2. The summed E-state index contributed by atoms with van der Waals surface area (Å²) >= 11 is 14.1. The zero-order chi connectivity index (χ0) is 19.2. The lowest BCUT2D eigenvalue weighted by atomic mass is 10.1. The van der Waals surface area contributed by atoms with Crippen molar-refractivity contribution in [1.82, 2.24) is 10.3 Å². The van der Waals surface area contributed by atoms with Crippen LogP contribution in [0.15, 0.2) is 42.6 Å². The molecule has 1 heterocycles. The van der Waals surface area contributed by atoms with Crippen LogP contribution in [0.1, 0.15) is 10.6 Å². The van der Waals surface area contributed by atoms with Gasteiger partial charge < -0.3 is 14.8 Å². The third-order valence-corrected chi connectivity index (χ3v) is 5.72. The molecule has 0 saturated heterocycles. The standard InChI is InChI=1S/C20H20Cl2N2O2S/c1-25-16-7-6-13(10-17(16)26-2)8-9-23-12-19-24-11-18(27-19)20-14(21)4-3-5-15(20)22/h3-7,10-11,23H,8-9,12H2,1-2H3. The van der Waals surface area contributed by atoms with Gasteiger partial charge in [-0.05, 0) is 42.8 Å². The average molecular weight is 423 g/mol. The summed E-state index contributed by atoms with van der Waals surface area (Å²) in [6.45, 7) is 1.53. The Hall–Kier alpha value is -1.79. The van der Waals surface area contributed by atoms with Gasteiger partial charge in [0.1, 0.15) is 5.01 Å². The molecule has 0 spiro atoms. The topological polar surface area (TPSA) is 43.4 Å². The lowest BCUT2D eigenvalue weighted by Gasteiger charge is -2.09. The molecule has 0 aliphatic rings. The van der Waals surface area contributed by atoms with Gasteiger partial charge in [-0.3, -0.25) is 0 Å². The van der Waals surface area contributed by atoms with E-state index in [9.17, 15) is 0 Å². The fourth-order valence-corrected chi connectivity index (χ4v) is 4.38. The summed E-state index contributed by atoms with van der Waals surface area (Å²) in [4.78, 5) is 5.45. The highest BCUT2D eigenvalue weighted by Gasteiger charge is 2.12. The summed E-state index contributed by atoms with van der Waals surface area (Å²) in [7, 11) is 3.28. The smallest absolute Gasteiger partial charge is 0.160 e. The van der Waals surface area contributed by atoms with Crippen molar-refractivity contribution in [1.29, 1.82) is 0 Å². The molecule has 0 bridgehead atoms. The van der Waals surface area contributed by atoms with Gasteiger partial charge in [0.05, 0.1) is 29.1 Å². The summed E-state index contributed by atoms with van der Waals surface area (Å²) in [5.41, 5.74) is 2.03. The number of rotatable bonds is 8. The SMILES string of the molecule is COc1ccc(CCNCc2ncc(-c3c(Cl)cccc3Cl)s2)cc1OC. The average Bonchev–Trinajstić information content (AvgIpc) is 3.13. The van der Waals surface area contributed by atoms with Crippen LogP contribution in [0.3, 0.4) is 0 Å². The Balaban J connectivity index is 1.55. The quantitative estimate of drug-likeness (QED) is 0.488. The number of hydrogen-bond donors (Lipinski definition) is 1. The molecule has 0 aliphatic heterocycles. The Morgan fingerprint density at radius 3 is 2.48 bits per heavy atom. The van der Waals surface area contributed by atoms with E-state index >= 15 is 0 Å². The van der Waals surface area contributed by atoms with Crippen molar-refractivity contribution in [2.75, 3.05) is 20.8 Å². The van der Waals surface area contributed by atoms with Crippen molar-refractivity contribution >= 4 is 34.5 Å². The summed E-state index contributed by atoms with van der Waals surface area (Å²) in [6, 6.07) is 11.5. The second-order valence-electron chi connectivity index (χ2n) is 5.83. The monoisotopic (exact) mass is 422 g/mol. The third kappa shape index (κ3) is 4.93. The van der Waals surface area contributed by atoms with Gasteiger partial charge >= 0.3 is 0 Å². The Kier molecular flexibility index (Phi) is 6.96. The first kappa shape index (κ1) is 20.0. The van der Waals surface area contributed by atoms with Crippen LogP contribution >= 0.6 is 34.5 Å². The highest BCUT2D eigenvalue weighted by Crippen LogP contribution is 2.37. The van der Waals surface area contributed by atoms with Gasteiger partial charge in [0, 0.05) is 18.3 Å². The predicted molar refractivity (Wildman–Crippen MR) is 113 cm³/mol. The molecule has 142 valence electrons. The summed E-state index contributed by atoms with van der Waals surface area (Å²) in [5, 5.41) is 5.69. The van der Waals surface area contributed by atoms with Crippen LogP contribution in [0.5, 0.6) is 11.5 Å². The van der Waals surface area contributed by atoms with E-state index in [2.05, 4.69) is 10.3 Å². The van der Waals surface area contributed by atoms with Crippen molar-refractivity contribution in [3.63, 3.8) is 0 Å². The van der Waals surface area contributed by atoms with Gasteiger partial charge in [-0.15, -0.1) is 11.3 Å². The molecule has 0 fully saturated rings. The van der Waals surface area contributed by atoms with Gasteiger partial charge in [0.15, 0.2) is 11.5 Å². The van der Waals surface area contributed by atoms with E-state index in [-0.39, 0.29) is 0 Å². The Morgan fingerprint density at radius 1 is 1.04 bits per heavy atom. The predicted octanol–water partition coefficient (Wildman–Crippen LogP) is 5.47. The van der Waals surface area contributed by atoms with Gasteiger partial charge in [-0.1, -0.05) is 35.3 Å². The first-order valence-corrected chi connectivity index (χ1v) is 10.0. The fraction of sp³-hybridized carbons (Fsp3) is 0.250. The number of nitrogens with one attached hydrogen (secondary N) is 1. The second kappa shape index (κ2) is 9.42. The van der Waals surface area contributed by atoms with Gasteiger partial charge in [-0.2, -0.15) is 0 Å². The van der Waals surface area contributed by atoms with Crippen LogP contribution < -0.4 is 14.8 Å². The van der Waals surface area contributed by atoms with E-state index in [1.54, 1.807) is 25.6 Å². The zero-order valence-corrected chi connectivity index (χ0v) is 17.4. The van der Waals surface area contributed by atoms with Crippen molar-refractivity contribution < 1.29 is 9.47 Å². The van der Waals surface area contributed by atoms with E-state index in [0.717, 1.165) is 39.9 Å². The molecule has 0 saturated carbocycles. The van der Waals surface area contributed by atoms with E-state index in [1.165, 1.54) is 5.56 Å². The lowest BCUT2D eigenvalue weighted by Crippen LogP contribution is -2.16. The molecule has 0 amide bonds. The van der Waals surface area contributed by atoms with Crippen LogP contribution in [0.25, 0.3) is 10.4 Å². The molecule has 3 rings (SSSR count). The van der Waals surface area contributed by atoms with Crippen LogP contribution in [0.4, 0.5) is 0 Å². The highest BCUT2D eigenvalue weighted by atomic mass is 35.5. The number of thiazole rings is 1. The van der Waals surface area contributed by atoms with Crippen molar-refractivity contribution in [3.05, 3.63) is 63.2 Å². The van der Waals surface area contributed by atoms with E-state index < -0.39 is 0 Å². The molecule has 3 aromatic rings. The molecular weight excluding hydrogens is 403 g/mol. The van der Waals surface area contributed by atoms with Crippen molar-refractivity contribution in [2.45, 2.75) is 13.0 Å². The summed E-state index contributed by atoms with van der Waals surface area (Å²) in [6.07, 6.45) is 2.71. The van der Waals surface area contributed by atoms with Crippen LogP contribution in [-0.4, -0.2) is 25.7 Å². The minimum Gasteiger partial charge on any atom is -0.493 e. The van der Waals surface area contributed by atoms with Crippen LogP contribution in [0, 0.1) is 0 Å². The normalized spacial score (nSPS) is 10.8. The van der Waals surface area contributed by atoms with Crippen LogP contribution in [0.2, 0.25) is 10.0 Å². The maximum atomic E-state index is 6.27. The molecule has 7 heteroatoms. The van der Waals surface area contributed by atoms with E-state index in [1.807, 2.05) is 42.6 Å². The lowest BCUT2D eigenvalue weighted by molar-refractivity contribution is 0.354. The fourth-order valence-electron chi connectivity index (χ4n) is 2.70. The Bertz CT molecular complexity index is 894. The minimum absolute atomic E-state index is 0.638. The van der Waals surface area contributed by atoms with Gasteiger partial charge in [0.25, 0.3) is 0 Å². The number of methoxy groups -OCH3 is 2. The molecule has 0 atom stereocenters. The summed E-state index contributed by atoms with van der Waals surface area (Å²) in [5.74, 6) is 1.49. The maximum absolute atomic E-state index is 6.27. The van der Waals surface area contributed by atoms with Crippen LogP contribution in [-0.2, 0) is 13.0 Å². The minimum atomic E-state index is 0.638. The number of aromatic nitrogens is 1. The van der Waals surface area contributed by atoms with Gasteiger partial charge in [0.2, 0.25) is 0 Å². The van der Waals surface area contributed by atoms with Crippen molar-refractivity contribution in [3.8, 4) is 21.9 Å². The highest BCUT2D eigenvalue weighted by molar-refractivity contribution is 7.15. The first-order chi connectivity index (χ1) is 13.1. The molecule has 2 aromatic carbocycles. The number of hydrogen-bond acceptors (Lipinski definition) is 5. The number of halogens is 2. The largest absolute Gasteiger partial charge is 0.493 e. The number of ether oxygens (including phenoxy) is 2. The van der Waals surface area contributed by atoms with Crippen molar-refractivity contribution in [2.24, 2.45) is 0 Å². The maximum Gasteiger partial charge on any atom is 0.160 e. The molecule has 0 radical (unpaired) electrons.